The predicted octanol–water partition coefficient (Wildman–Crippen LogP) is 7.02. The molecule has 0 fully saturated rings. The van der Waals surface area contributed by atoms with Gasteiger partial charge in [-0.2, -0.15) is 0 Å². The first kappa shape index (κ1) is 53.6. The number of hydrogen-bond donors (Lipinski definition) is 4. The Hall–Kier alpha value is 0.604. The van der Waals surface area contributed by atoms with Gasteiger partial charge in [-0.15, -0.1) is 0 Å². The van der Waals surface area contributed by atoms with Gasteiger partial charge in [-0.25, -0.2) is 0 Å². The average Bonchev–Trinajstić information content (AvgIpc) is 3.05. The molecular weight excluding hydrogens is 765 g/mol. The molecule has 0 aliphatic rings. The van der Waals surface area contributed by atoms with Crippen LogP contribution < -0.4 is 0 Å². The van der Waals surface area contributed by atoms with E-state index in [0.29, 0.717) is 78.5 Å². The molecule has 17 heteroatoms. The normalized spacial score (nSPS) is 16.8. The quantitative estimate of drug-likeness (QED) is 0.0379. The summed E-state index contributed by atoms with van der Waals surface area (Å²) in [5.74, 6) is 0. The maximum absolute atomic E-state index is 9.95. The Morgan fingerprint density at radius 3 is 0.717 bits per heavy atom. The summed E-state index contributed by atoms with van der Waals surface area (Å²) < 4.78 is 52.4. The fraction of sp³-hybridized carbons (Fsp3) is 1.00. The molecule has 0 aromatic heterocycles. The molecule has 0 aliphatic heterocycles. The van der Waals surface area contributed by atoms with Crippen LogP contribution in [0.2, 0.25) is 76.6 Å². The van der Waals surface area contributed by atoms with Gasteiger partial charge in [0, 0.05) is 26.4 Å². The highest BCUT2D eigenvalue weighted by Crippen LogP contribution is 2.35. The number of aliphatic hydroxyl groups is 4. The van der Waals surface area contributed by atoms with Gasteiger partial charge in [-0.3, -0.25) is 0 Å². The molecule has 0 rings (SSSR count). The lowest BCUT2D eigenvalue weighted by molar-refractivity contribution is 0.0346. The first-order valence-corrected chi connectivity index (χ1v) is 34.6. The van der Waals surface area contributed by atoms with Crippen LogP contribution in [0.3, 0.4) is 0 Å². The molecule has 4 unspecified atom stereocenters. The fourth-order valence-electron chi connectivity index (χ4n) is 5.43. The van der Waals surface area contributed by atoms with Crippen molar-refractivity contribution in [3.63, 3.8) is 0 Å². The molecule has 0 bridgehead atoms. The van der Waals surface area contributed by atoms with Gasteiger partial charge in [0.2, 0.25) is 0 Å². The van der Waals surface area contributed by atoms with E-state index in [0.717, 1.165) is 49.9 Å². The van der Waals surface area contributed by atoms with Gasteiger partial charge >= 0.3 is 9.05 Å². The first-order chi connectivity index (χ1) is 24.6. The van der Waals surface area contributed by atoms with Crippen LogP contribution in [0.1, 0.15) is 79.1 Å². The number of hydrogen-bond acceptors (Lipinski definition) is 12. The zero-order chi connectivity index (χ0) is 40.6. The lowest BCUT2D eigenvalue weighted by Gasteiger charge is -2.46. The minimum absolute atomic E-state index is 0.329. The molecule has 0 spiro atoms. The summed E-state index contributed by atoms with van der Waals surface area (Å²) >= 11 is 0. The Kier molecular flexibility index (Phi) is 28.4. The molecular formula is C36H84O12Si5. The third-order valence-electron chi connectivity index (χ3n) is 9.00. The second-order valence-corrected chi connectivity index (χ2v) is 37.3. The average molecular weight is 849 g/mol. The van der Waals surface area contributed by atoms with E-state index >= 15 is 0 Å². The first-order valence-electron chi connectivity index (χ1n) is 20.5. The molecule has 0 amide bonds. The van der Waals surface area contributed by atoms with Gasteiger partial charge in [0.05, 0.1) is 50.8 Å². The van der Waals surface area contributed by atoms with Gasteiger partial charge < -0.3 is 55.8 Å². The molecule has 12 nitrogen and oxygen atoms in total. The van der Waals surface area contributed by atoms with Crippen LogP contribution in [0.5, 0.6) is 0 Å². The van der Waals surface area contributed by atoms with E-state index in [-0.39, 0.29) is 0 Å². The Labute approximate surface area is 329 Å². The van der Waals surface area contributed by atoms with Crippen molar-refractivity contribution in [3.8, 4) is 0 Å². The number of rotatable bonds is 36. The highest BCUT2D eigenvalue weighted by Gasteiger charge is 2.58. The maximum atomic E-state index is 9.95. The van der Waals surface area contributed by atoms with Crippen LogP contribution in [0.25, 0.3) is 0 Å². The van der Waals surface area contributed by atoms with Crippen molar-refractivity contribution in [1.82, 2.24) is 0 Å². The second kappa shape index (κ2) is 28.1. The van der Waals surface area contributed by atoms with Gasteiger partial charge in [0.15, 0.2) is 33.3 Å². The topological polar surface area (TPSA) is 155 Å². The van der Waals surface area contributed by atoms with E-state index in [2.05, 4.69) is 52.4 Å². The third-order valence-corrected chi connectivity index (χ3v) is 28.1. The van der Waals surface area contributed by atoms with Crippen molar-refractivity contribution in [2.75, 3.05) is 52.9 Å². The van der Waals surface area contributed by atoms with Gasteiger partial charge in [-0.05, 0) is 128 Å². The highest BCUT2D eigenvalue weighted by molar-refractivity contribution is 6.92. The fourth-order valence-corrected chi connectivity index (χ4v) is 25.1. The van der Waals surface area contributed by atoms with Crippen LogP contribution in [0.15, 0.2) is 0 Å². The van der Waals surface area contributed by atoms with E-state index in [1.54, 1.807) is 0 Å². The van der Waals surface area contributed by atoms with Crippen molar-refractivity contribution < 1.29 is 55.8 Å². The van der Waals surface area contributed by atoms with Crippen LogP contribution in [-0.4, -0.2) is 140 Å². The van der Waals surface area contributed by atoms with Crippen LogP contribution in [0.4, 0.5) is 0 Å². The SMILES string of the molecule is CCC(O)COCCC[Si](C)(C)O[Si](O[Si](C)(C)CCCOCC(O)CC)(O[Si](C)(C)CCCOCC(O)CC)O[Si](C)(C)CCCOCC(O)CC. The smallest absolute Gasteiger partial charge is 0.396 e. The van der Waals surface area contributed by atoms with Gasteiger partial charge in [-0.1, -0.05) is 27.7 Å². The molecule has 0 aliphatic carbocycles. The van der Waals surface area contributed by atoms with E-state index in [1.165, 1.54) is 0 Å². The molecule has 320 valence electrons. The Bertz CT molecular complexity index is 761. The summed E-state index contributed by atoms with van der Waals surface area (Å²) in [5, 5.41) is 39.8. The molecule has 0 radical (unpaired) electrons. The van der Waals surface area contributed by atoms with Crippen molar-refractivity contribution in [2.24, 2.45) is 0 Å². The molecule has 53 heavy (non-hydrogen) atoms. The summed E-state index contributed by atoms with van der Waals surface area (Å²) in [6.07, 6.45) is 4.02. The number of ether oxygens (including phenoxy) is 4. The van der Waals surface area contributed by atoms with Crippen LogP contribution in [-0.2, 0) is 35.4 Å². The van der Waals surface area contributed by atoms with Crippen molar-refractivity contribution in [1.29, 1.82) is 0 Å². The Morgan fingerprint density at radius 1 is 0.358 bits per heavy atom. The van der Waals surface area contributed by atoms with Crippen LogP contribution >= 0.6 is 0 Å². The highest BCUT2D eigenvalue weighted by atomic mass is 28.5. The summed E-state index contributed by atoms with van der Waals surface area (Å²) in [6, 6.07) is 3.28. The van der Waals surface area contributed by atoms with Crippen LogP contribution in [0, 0.1) is 0 Å². The minimum atomic E-state index is -3.78. The van der Waals surface area contributed by atoms with Crippen molar-refractivity contribution in [3.05, 3.63) is 0 Å². The largest absolute Gasteiger partial charge is 0.636 e. The Balaban J connectivity index is 6.36. The maximum Gasteiger partial charge on any atom is 0.636 e. The molecule has 0 saturated carbocycles. The third kappa shape index (κ3) is 28.6. The zero-order valence-corrected chi connectivity index (χ0v) is 41.0. The molecule has 0 saturated heterocycles. The summed E-state index contributed by atoms with van der Waals surface area (Å²) in [6.45, 7) is 28.9. The van der Waals surface area contributed by atoms with E-state index < -0.39 is 66.7 Å². The molecule has 0 heterocycles. The van der Waals surface area contributed by atoms with Crippen molar-refractivity contribution in [2.45, 2.75) is 180 Å². The summed E-state index contributed by atoms with van der Waals surface area (Å²) in [4.78, 5) is 0. The summed E-state index contributed by atoms with van der Waals surface area (Å²) in [7, 11) is -13.6. The Morgan fingerprint density at radius 2 is 0.547 bits per heavy atom. The van der Waals surface area contributed by atoms with Gasteiger partial charge in [0.25, 0.3) is 0 Å². The monoisotopic (exact) mass is 848 g/mol. The van der Waals surface area contributed by atoms with E-state index in [1.807, 2.05) is 27.7 Å². The molecule has 4 N–H and O–H groups in total. The second-order valence-electron chi connectivity index (χ2n) is 16.9. The lowest BCUT2D eigenvalue weighted by Crippen LogP contribution is -2.66. The summed E-state index contributed by atoms with van der Waals surface area (Å²) in [5.41, 5.74) is 0. The molecule has 0 aromatic carbocycles. The van der Waals surface area contributed by atoms with Crippen molar-refractivity contribution >= 4 is 42.3 Å². The van der Waals surface area contributed by atoms with Gasteiger partial charge in [0.1, 0.15) is 0 Å². The molecule has 0 aromatic rings. The predicted molar refractivity (Wildman–Crippen MR) is 226 cm³/mol. The van der Waals surface area contributed by atoms with E-state index in [9.17, 15) is 20.4 Å². The van der Waals surface area contributed by atoms with E-state index in [4.69, 9.17) is 35.4 Å². The standard InChI is InChI=1S/C36H84O12Si5/c1-13-33(37)29-41-21-17-25-49(5,6)45-53(46-50(7,8)26-18-22-42-30-34(38)14-2,47-51(9,10)27-19-23-43-31-35(39)15-3)48-52(11,12)28-20-24-44-32-36(40)16-4/h33-40H,13-32H2,1-12H3. The lowest BCUT2D eigenvalue weighted by atomic mass is 10.3. The zero-order valence-electron chi connectivity index (χ0n) is 36.0. The number of aliphatic hydroxyl groups excluding tert-OH is 4. The molecule has 4 atom stereocenters. The minimum Gasteiger partial charge on any atom is -0.396 e.